The Hall–Kier alpha value is -1.64. The third-order valence-electron chi connectivity index (χ3n) is 2.41. The Morgan fingerprint density at radius 3 is 2.50 bits per heavy atom. The summed E-state index contributed by atoms with van der Waals surface area (Å²) in [6.07, 6.45) is -3.17. The van der Waals surface area contributed by atoms with Gasteiger partial charge in [-0.05, 0) is 19.1 Å². The van der Waals surface area contributed by atoms with E-state index in [1.165, 1.54) is 6.26 Å². The predicted molar refractivity (Wildman–Crippen MR) is 70.1 cm³/mol. The molecule has 0 saturated carbocycles. The number of nitro groups is 1. The molecule has 5 nitrogen and oxygen atoms in total. The molecule has 20 heavy (non-hydrogen) atoms. The van der Waals surface area contributed by atoms with Crippen LogP contribution in [0.15, 0.2) is 18.2 Å². The molecule has 2 atom stereocenters. The molecule has 0 spiro atoms. The number of nitro benzene ring substituents is 1. The van der Waals surface area contributed by atoms with E-state index in [0.717, 1.165) is 12.1 Å². The van der Waals surface area contributed by atoms with Crippen LogP contribution in [0.5, 0.6) is 0 Å². The van der Waals surface area contributed by atoms with Crippen LogP contribution >= 0.6 is 0 Å². The normalized spacial score (nSPS) is 14.7. The number of halogens is 3. The minimum atomic E-state index is -4.64. The van der Waals surface area contributed by atoms with E-state index < -0.39 is 33.2 Å². The summed E-state index contributed by atoms with van der Waals surface area (Å²) in [5, 5.41) is 13.5. The lowest BCUT2D eigenvalue weighted by molar-refractivity contribution is -0.384. The second-order valence-electron chi connectivity index (χ2n) is 4.27. The molecule has 1 rings (SSSR count). The predicted octanol–water partition coefficient (Wildman–Crippen LogP) is 2.79. The summed E-state index contributed by atoms with van der Waals surface area (Å²) in [5.41, 5.74) is -1.77. The highest BCUT2D eigenvalue weighted by molar-refractivity contribution is 7.84. The van der Waals surface area contributed by atoms with Gasteiger partial charge in [-0.2, -0.15) is 13.2 Å². The van der Waals surface area contributed by atoms with Gasteiger partial charge in [0.05, 0.1) is 10.5 Å². The van der Waals surface area contributed by atoms with Crippen LogP contribution in [0.2, 0.25) is 0 Å². The number of rotatable bonds is 5. The zero-order chi connectivity index (χ0) is 15.5. The Balaban J connectivity index is 3.08. The molecule has 0 bridgehead atoms. The summed E-state index contributed by atoms with van der Waals surface area (Å²) in [6, 6.07) is 1.90. The molecule has 0 radical (unpaired) electrons. The van der Waals surface area contributed by atoms with E-state index in [-0.39, 0.29) is 17.5 Å². The van der Waals surface area contributed by atoms with Gasteiger partial charge < -0.3 is 5.32 Å². The Kier molecular flexibility index (Phi) is 5.09. The first-order valence-electron chi connectivity index (χ1n) is 5.53. The number of alkyl halides is 3. The van der Waals surface area contributed by atoms with Crippen LogP contribution in [0, 0.1) is 10.1 Å². The fourth-order valence-corrected chi connectivity index (χ4v) is 2.43. The van der Waals surface area contributed by atoms with Crippen molar-refractivity contribution in [3.05, 3.63) is 33.9 Å². The summed E-state index contributed by atoms with van der Waals surface area (Å²) in [5.74, 6) is 0.234. The van der Waals surface area contributed by atoms with Crippen molar-refractivity contribution in [2.24, 2.45) is 0 Å². The van der Waals surface area contributed by atoms with E-state index in [0.29, 0.717) is 6.07 Å². The van der Waals surface area contributed by atoms with E-state index in [4.69, 9.17) is 0 Å². The fraction of sp³-hybridized carbons (Fsp3) is 0.455. The van der Waals surface area contributed by atoms with Crippen LogP contribution in [0.1, 0.15) is 12.5 Å². The molecule has 2 unspecified atom stereocenters. The third-order valence-corrected chi connectivity index (χ3v) is 3.38. The highest BCUT2D eigenvalue weighted by atomic mass is 32.2. The molecule has 0 fully saturated rings. The number of nitrogens with zero attached hydrogens (tertiary/aromatic N) is 1. The monoisotopic (exact) mass is 310 g/mol. The summed E-state index contributed by atoms with van der Waals surface area (Å²) < 4.78 is 48.6. The van der Waals surface area contributed by atoms with E-state index in [1.807, 2.05) is 0 Å². The molecule has 0 heterocycles. The molecule has 0 saturated heterocycles. The second kappa shape index (κ2) is 6.21. The van der Waals surface area contributed by atoms with Gasteiger partial charge >= 0.3 is 6.18 Å². The topological polar surface area (TPSA) is 72.2 Å². The minimum absolute atomic E-state index is 0.0269. The third kappa shape index (κ3) is 4.48. The fourth-order valence-electron chi connectivity index (χ4n) is 1.64. The second-order valence-corrected chi connectivity index (χ2v) is 5.75. The first-order valence-corrected chi connectivity index (χ1v) is 7.26. The maximum absolute atomic E-state index is 12.5. The molecule has 1 N–H and O–H groups in total. The van der Waals surface area contributed by atoms with Crippen LogP contribution in [-0.2, 0) is 17.0 Å². The van der Waals surface area contributed by atoms with Gasteiger partial charge in [-0.15, -0.1) is 0 Å². The number of nitrogens with one attached hydrogen (secondary N) is 1. The molecule has 0 aliphatic carbocycles. The Morgan fingerprint density at radius 1 is 1.45 bits per heavy atom. The standard InChI is InChI=1S/C11H13F3N2O3S/c1-7(6-20(2)19)15-9-4-3-8(11(12,13)14)5-10(9)16(17)18/h3-5,7,15H,6H2,1-2H3. The highest BCUT2D eigenvalue weighted by Gasteiger charge is 2.33. The zero-order valence-electron chi connectivity index (χ0n) is 10.7. The highest BCUT2D eigenvalue weighted by Crippen LogP contribution is 2.35. The largest absolute Gasteiger partial charge is 0.416 e. The van der Waals surface area contributed by atoms with Gasteiger partial charge in [-0.3, -0.25) is 14.3 Å². The lowest BCUT2D eigenvalue weighted by atomic mass is 10.1. The summed E-state index contributed by atoms with van der Waals surface area (Å²) in [7, 11) is -1.12. The van der Waals surface area contributed by atoms with Gasteiger partial charge in [-0.1, -0.05) is 0 Å². The molecule has 0 aliphatic rings. The van der Waals surface area contributed by atoms with Gasteiger partial charge in [-0.25, -0.2) is 0 Å². The lowest BCUT2D eigenvalue weighted by Crippen LogP contribution is -2.23. The van der Waals surface area contributed by atoms with E-state index in [2.05, 4.69) is 5.32 Å². The van der Waals surface area contributed by atoms with Crippen LogP contribution in [0.25, 0.3) is 0 Å². The van der Waals surface area contributed by atoms with Crippen molar-refractivity contribution < 1.29 is 22.3 Å². The molecule has 0 amide bonds. The lowest BCUT2D eigenvalue weighted by Gasteiger charge is -2.15. The van der Waals surface area contributed by atoms with Crippen molar-refractivity contribution in [3.8, 4) is 0 Å². The number of hydrogen-bond donors (Lipinski definition) is 1. The van der Waals surface area contributed by atoms with Crippen LogP contribution in [-0.4, -0.2) is 27.2 Å². The number of hydrogen-bond acceptors (Lipinski definition) is 4. The average molecular weight is 310 g/mol. The summed E-state index contributed by atoms with van der Waals surface area (Å²) in [4.78, 5) is 9.96. The molecular weight excluding hydrogens is 297 g/mol. The van der Waals surface area contributed by atoms with Gasteiger partial charge in [0.25, 0.3) is 5.69 Å². The average Bonchev–Trinajstić information content (AvgIpc) is 2.26. The Bertz CT molecular complexity index is 534. The molecule has 1 aromatic rings. The number of anilines is 1. The van der Waals surface area contributed by atoms with E-state index in [1.54, 1.807) is 6.92 Å². The van der Waals surface area contributed by atoms with Gasteiger partial charge in [0.2, 0.25) is 0 Å². The summed E-state index contributed by atoms with van der Waals surface area (Å²) in [6.45, 7) is 1.64. The maximum atomic E-state index is 12.5. The van der Waals surface area contributed by atoms with Gasteiger partial charge in [0.15, 0.2) is 0 Å². The molecule has 0 aromatic heterocycles. The first kappa shape index (κ1) is 16.4. The van der Waals surface area contributed by atoms with Crippen molar-refractivity contribution in [3.63, 3.8) is 0 Å². The smallest absolute Gasteiger partial charge is 0.376 e. The van der Waals surface area contributed by atoms with Gasteiger partial charge in [0.1, 0.15) is 5.69 Å². The number of benzene rings is 1. The van der Waals surface area contributed by atoms with Crippen molar-refractivity contribution in [2.45, 2.75) is 19.1 Å². The van der Waals surface area contributed by atoms with Crippen molar-refractivity contribution in [1.82, 2.24) is 0 Å². The molecular formula is C11H13F3N2O3S. The van der Waals surface area contributed by atoms with E-state index in [9.17, 15) is 27.5 Å². The minimum Gasteiger partial charge on any atom is -0.376 e. The molecule has 1 aromatic carbocycles. The quantitative estimate of drug-likeness (QED) is 0.670. The van der Waals surface area contributed by atoms with Crippen LogP contribution < -0.4 is 5.32 Å². The van der Waals surface area contributed by atoms with Crippen molar-refractivity contribution in [1.29, 1.82) is 0 Å². The summed E-state index contributed by atoms with van der Waals surface area (Å²) >= 11 is 0. The van der Waals surface area contributed by atoms with Crippen LogP contribution in [0.3, 0.4) is 0 Å². The van der Waals surface area contributed by atoms with Crippen LogP contribution in [0.4, 0.5) is 24.5 Å². The SMILES string of the molecule is CC(CS(C)=O)Nc1ccc(C(F)(F)F)cc1[N+](=O)[O-]. The zero-order valence-corrected chi connectivity index (χ0v) is 11.5. The first-order chi connectivity index (χ1) is 9.11. The Morgan fingerprint density at radius 2 is 2.05 bits per heavy atom. The van der Waals surface area contributed by atoms with Crippen molar-refractivity contribution >= 4 is 22.2 Å². The Labute approximate surface area is 115 Å². The molecule has 0 aliphatic heterocycles. The van der Waals surface area contributed by atoms with E-state index >= 15 is 0 Å². The maximum Gasteiger partial charge on any atom is 0.416 e. The molecule has 112 valence electrons. The van der Waals surface area contributed by atoms with Gasteiger partial charge in [0, 0.05) is 34.9 Å². The van der Waals surface area contributed by atoms with Crippen molar-refractivity contribution in [2.75, 3.05) is 17.3 Å². The molecule has 9 heteroatoms.